The highest BCUT2D eigenvalue weighted by Crippen LogP contribution is 2.26. The number of nitrogens with zero attached hydrogens (tertiary/aromatic N) is 1. The maximum absolute atomic E-state index is 11.6. The molecule has 19 heavy (non-hydrogen) atoms. The Morgan fingerprint density at radius 1 is 1.37 bits per heavy atom. The van der Waals surface area contributed by atoms with Crippen molar-refractivity contribution in [2.45, 2.75) is 17.7 Å². The van der Waals surface area contributed by atoms with Crippen molar-refractivity contribution in [1.29, 1.82) is 0 Å². The first-order valence-corrected chi connectivity index (χ1v) is 7.74. The zero-order valence-corrected chi connectivity index (χ0v) is 13.1. The van der Waals surface area contributed by atoms with Gasteiger partial charge >= 0.3 is 0 Å². The third-order valence-corrected chi connectivity index (χ3v) is 4.04. The lowest BCUT2D eigenvalue weighted by Gasteiger charge is -2.09. The molecule has 1 amide bonds. The number of amides is 1. The number of nitrogens with one attached hydrogen (secondary N) is 1. The summed E-state index contributed by atoms with van der Waals surface area (Å²) in [4.78, 5) is 14.7. The summed E-state index contributed by atoms with van der Waals surface area (Å²) in [5.41, 5.74) is 0. The number of carbonyl (C=O) groups excluding carboxylic acids is 1. The molecule has 0 radical (unpaired) electrons. The summed E-state index contributed by atoms with van der Waals surface area (Å²) in [6.45, 7) is 1.74. The quantitative estimate of drug-likeness (QED) is 0.592. The van der Waals surface area contributed by atoms with Gasteiger partial charge in [0.15, 0.2) is 0 Å². The van der Waals surface area contributed by atoms with Crippen LogP contribution < -0.4 is 5.32 Å². The van der Waals surface area contributed by atoms with Crippen molar-refractivity contribution in [3.05, 3.63) is 29.3 Å². The monoisotopic (exact) mass is 300 g/mol. The minimum Gasteiger partial charge on any atom is -0.356 e. The first-order chi connectivity index (χ1) is 9.09. The number of hydrogen-bond donors (Lipinski definition) is 1. The van der Waals surface area contributed by atoms with Crippen LogP contribution >= 0.6 is 23.4 Å². The van der Waals surface area contributed by atoms with E-state index in [1.807, 2.05) is 38.4 Å². The van der Waals surface area contributed by atoms with E-state index in [1.165, 1.54) is 0 Å². The van der Waals surface area contributed by atoms with Gasteiger partial charge in [-0.25, -0.2) is 0 Å². The molecule has 1 aromatic rings. The van der Waals surface area contributed by atoms with Gasteiger partial charge in [-0.1, -0.05) is 23.7 Å². The van der Waals surface area contributed by atoms with Crippen molar-refractivity contribution < 1.29 is 4.79 Å². The molecule has 0 aliphatic carbocycles. The van der Waals surface area contributed by atoms with E-state index in [9.17, 15) is 4.79 Å². The van der Waals surface area contributed by atoms with Crippen LogP contribution in [0, 0.1) is 0 Å². The highest BCUT2D eigenvalue weighted by molar-refractivity contribution is 7.99. The third kappa shape index (κ3) is 7.45. The standard InChI is InChI=1S/C14H21ClN2OS/c1-17(2)10-5-9-16-14(18)8-11-19-13-7-4-3-6-12(13)15/h3-4,6-7H,5,8-11H2,1-2H3,(H,16,18). The summed E-state index contributed by atoms with van der Waals surface area (Å²) in [5.74, 6) is 0.863. The molecular formula is C14H21ClN2OS. The van der Waals surface area contributed by atoms with Gasteiger partial charge in [-0.2, -0.15) is 0 Å². The lowest BCUT2D eigenvalue weighted by Crippen LogP contribution is -2.27. The van der Waals surface area contributed by atoms with Crippen molar-refractivity contribution in [3.63, 3.8) is 0 Å². The lowest BCUT2D eigenvalue weighted by molar-refractivity contribution is -0.120. The number of halogens is 1. The number of benzene rings is 1. The summed E-state index contributed by atoms with van der Waals surface area (Å²) in [6, 6.07) is 7.70. The predicted molar refractivity (Wildman–Crippen MR) is 83.0 cm³/mol. The molecule has 1 aromatic carbocycles. The van der Waals surface area contributed by atoms with Gasteiger partial charge in [0.05, 0.1) is 5.02 Å². The fourth-order valence-electron chi connectivity index (χ4n) is 1.53. The van der Waals surface area contributed by atoms with Gasteiger partial charge < -0.3 is 10.2 Å². The van der Waals surface area contributed by atoms with Gasteiger partial charge in [0.25, 0.3) is 0 Å². The summed E-state index contributed by atoms with van der Waals surface area (Å²) in [6.07, 6.45) is 1.51. The largest absolute Gasteiger partial charge is 0.356 e. The van der Waals surface area contributed by atoms with E-state index >= 15 is 0 Å². The second-order valence-corrected chi connectivity index (χ2v) is 6.08. The molecule has 0 aliphatic rings. The lowest BCUT2D eigenvalue weighted by atomic mass is 10.4. The van der Waals surface area contributed by atoms with E-state index in [0.717, 1.165) is 35.2 Å². The van der Waals surface area contributed by atoms with Gasteiger partial charge in [0.1, 0.15) is 0 Å². The number of carbonyl (C=O) groups is 1. The molecule has 0 atom stereocenters. The molecule has 0 heterocycles. The molecule has 0 saturated heterocycles. The van der Waals surface area contributed by atoms with Gasteiger partial charge in [-0.15, -0.1) is 11.8 Å². The van der Waals surface area contributed by atoms with Crippen LogP contribution in [0.2, 0.25) is 5.02 Å². The average Bonchev–Trinajstić information content (AvgIpc) is 2.37. The van der Waals surface area contributed by atoms with Crippen LogP contribution in [-0.2, 0) is 4.79 Å². The van der Waals surface area contributed by atoms with Gasteiger partial charge in [0.2, 0.25) is 5.91 Å². The summed E-state index contributed by atoms with van der Waals surface area (Å²) < 4.78 is 0. The minimum absolute atomic E-state index is 0.110. The molecule has 0 fully saturated rings. The van der Waals surface area contributed by atoms with E-state index in [1.54, 1.807) is 11.8 Å². The Hall–Kier alpha value is -0.710. The number of hydrogen-bond acceptors (Lipinski definition) is 3. The Labute approximate surface area is 124 Å². The second-order valence-electron chi connectivity index (χ2n) is 4.54. The van der Waals surface area contributed by atoms with Crippen LogP contribution in [0.4, 0.5) is 0 Å². The first-order valence-electron chi connectivity index (χ1n) is 6.38. The molecule has 3 nitrogen and oxygen atoms in total. The highest BCUT2D eigenvalue weighted by Gasteiger charge is 2.03. The predicted octanol–water partition coefficient (Wildman–Crippen LogP) is 2.89. The van der Waals surface area contributed by atoms with Crippen LogP contribution in [0.15, 0.2) is 29.2 Å². The molecule has 0 unspecified atom stereocenters. The van der Waals surface area contributed by atoms with Gasteiger partial charge in [-0.05, 0) is 39.2 Å². The molecule has 5 heteroatoms. The summed E-state index contributed by atoms with van der Waals surface area (Å²) >= 11 is 7.66. The molecule has 0 aromatic heterocycles. The van der Waals surface area contributed by atoms with Crippen molar-refractivity contribution in [2.75, 3.05) is 32.9 Å². The number of thioether (sulfide) groups is 1. The average molecular weight is 301 g/mol. The Bertz CT molecular complexity index is 399. The molecule has 106 valence electrons. The van der Waals surface area contributed by atoms with Crippen molar-refractivity contribution >= 4 is 29.3 Å². The topological polar surface area (TPSA) is 32.3 Å². The van der Waals surface area contributed by atoms with Crippen LogP contribution in [-0.4, -0.2) is 43.7 Å². The Morgan fingerprint density at radius 2 is 2.11 bits per heavy atom. The summed E-state index contributed by atoms with van der Waals surface area (Å²) in [7, 11) is 4.06. The van der Waals surface area contributed by atoms with Gasteiger partial charge in [0, 0.05) is 23.6 Å². The molecule has 1 N–H and O–H groups in total. The van der Waals surface area contributed by atoms with E-state index in [4.69, 9.17) is 11.6 Å². The Kier molecular flexibility index (Phi) is 7.94. The fraction of sp³-hybridized carbons (Fsp3) is 0.500. The van der Waals surface area contributed by atoms with Crippen LogP contribution in [0.1, 0.15) is 12.8 Å². The second kappa shape index (κ2) is 9.23. The first kappa shape index (κ1) is 16.3. The Balaban J connectivity index is 2.12. The maximum atomic E-state index is 11.6. The Morgan fingerprint density at radius 3 is 2.79 bits per heavy atom. The van der Waals surface area contributed by atoms with Crippen LogP contribution in [0.3, 0.4) is 0 Å². The maximum Gasteiger partial charge on any atom is 0.220 e. The zero-order chi connectivity index (χ0) is 14.1. The fourth-order valence-corrected chi connectivity index (χ4v) is 2.71. The molecular weight excluding hydrogens is 280 g/mol. The minimum atomic E-state index is 0.110. The van der Waals surface area contributed by atoms with Crippen LogP contribution in [0.25, 0.3) is 0 Å². The molecule has 0 bridgehead atoms. The smallest absolute Gasteiger partial charge is 0.220 e. The summed E-state index contributed by atoms with van der Waals surface area (Å²) in [5, 5.41) is 3.68. The zero-order valence-electron chi connectivity index (χ0n) is 11.5. The number of rotatable bonds is 8. The molecule has 0 spiro atoms. The van der Waals surface area contributed by atoms with Gasteiger partial charge in [-0.3, -0.25) is 4.79 Å². The van der Waals surface area contributed by atoms with Crippen molar-refractivity contribution in [3.8, 4) is 0 Å². The SMILES string of the molecule is CN(C)CCCNC(=O)CCSc1ccccc1Cl. The van der Waals surface area contributed by atoms with Crippen molar-refractivity contribution in [1.82, 2.24) is 10.2 Å². The highest BCUT2D eigenvalue weighted by atomic mass is 35.5. The molecule has 0 saturated carbocycles. The van der Waals surface area contributed by atoms with Crippen molar-refractivity contribution in [2.24, 2.45) is 0 Å². The van der Waals surface area contributed by atoms with Crippen LogP contribution in [0.5, 0.6) is 0 Å². The van der Waals surface area contributed by atoms with E-state index < -0.39 is 0 Å². The van der Waals surface area contributed by atoms with E-state index in [2.05, 4.69) is 10.2 Å². The van der Waals surface area contributed by atoms with E-state index in [0.29, 0.717) is 6.42 Å². The van der Waals surface area contributed by atoms with E-state index in [-0.39, 0.29) is 5.91 Å². The molecule has 1 rings (SSSR count). The normalized spacial score (nSPS) is 10.7. The third-order valence-electron chi connectivity index (χ3n) is 2.53. The molecule has 0 aliphatic heterocycles.